The van der Waals surface area contributed by atoms with Gasteiger partial charge >= 0.3 is 0 Å². The lowest BCUT2D eigenvalue weighted by atomic mass is 9.92. The first kappa shape index (κ1) is 36.2. The first-order valence-corrected chi connectivity index (χ1v) is 18.3. The Bertz CT molecular complexity index is 606. The number of aromatic nitrogens is 2. The Hall–Kier alpha value is -0.790. The van der Waals surface area contributed by atoms with Gasteiger partial charge in [0.05, 0.1) is 12.0 Å². The van der Waals surface area contributed by atoms with E-state index in [2.05, 4.69) is 49.6 Å². The van der Waals surface area contributed by atoms with Crippen molar-refractivity contribution in [3.05, 3.63) is 18.2 Å². The number of H-pyrrole nitrogens is 1. The number of unbranched alkanes of at least 4 members (excludes halogenated alkanes) is 22. The minimum Gasteiger partial charge on any atom is -0.247 e. The third-order valence-electron chi connectivity index (χ3n) is 9.14. The van der Waals surface area contributed by atoms with E-state index in [0.29, 0.717) is 12.0 Å². The Labute approximate surface area is 246 Å². The van der Waals surface area contributed by atoms with Crippen molar-refractivity contribution in [3.8, 4) is 0 Å². The summed E-state index contributed by atoms with van der Waals surface area (Å²) >= 11 is 0. The van der Waals surface area contributed by atoms with Gasteiger partial charge in [-0.25, -0.2) is 9.55 Å². The van der Waals surface area contributed by atoms with Crippen LogP contribution in [0, 0.1) is 0 Å². The highest BCUT2D eigenvalue weighted by Gasteiger charge is 2.25. The molecule has 0 aliphatic rings. The van der Waals surface area contributed by atoms with E-state index in [9.17, 15) is 0 Å². The first-order valence-electron chi connectivity index (χ1n) is 18.3. The van der Waals surface area contributed by atoms with Crippen LogP contribution >= 0.6 is 0 Å². The average molecular weight is 546 g/mol. The first-order chi connectivity index (χ1) is 19.2. The highest BCUT2D eigenvalue weighted by atomic mass is 15.1. The van der Waals surface area contributed by atoms with Gasteiger partial charge in [0.2, 0.25) is 0 Å². The standard InChI is InChI=1S/C37H72N2/c1-5-8-11-14-17-19-22-24-27-30-35(4)39-34-33-38-37(39)36(31-28-25-21-16-13-10-7-3)32-29-26-23-20-18-15-12-9-6-2/h33-36H,5-32H2,1-4H3/p+1. The molecule has 230 valence electrons. The van der Waals surface area contributed by atoms with Crippen LogP contribution in [0.15, 0.2) is 12.4 Å². The molecule has 1 heterocycles. The third-order valence-corrected chi connectivity index (χ3v) is 9.14. The van der Waals surface area contributed by atoms with E-state index in [0.717, 1.165) is 0 Å². The van der Waals surface area contributed by atoms with Crippen LogP contribution in [0.25, 0.3) is 0 Å². The summed E-state index contributed by atoms with van der Waals surface area (Å²) in [5, 5.41) is 0. The maximum absolute atomic E-state index is 3.73. The summed E-state index contributed by atoms with van der Waals surface area (Å²) in [6.45, 7) is 9.41. The second-order valence-corrected chi connectivity index (χ2v) is 12.9. The van der Waals surface area contributed by atoms with Crippen molar-refractivity contribution in [1.82, 2.24) is 4.98 Å². The lowest BCUT2D eigenvalue weighted by Gasteiger charge is -2.17. The van der Waals surface area contributed by atoms with E-state index in [1.54, 1.807) is 0 Å². The van der Waals surface area contributed by atoms with Crippen molar-refractivity contribution in [3.63, 3.8) is 0 Å². The molecule has 0 saturated carbocycles. The van der Waals surface area contributed by atoms with Gasteiger partial charge in [-0.1, -0.05) is 175 Å². The SMILES string of the molecule is CCCCCCCCCCCC(CCCCCCCCC)c1[nH]cc[n+]1C(C)CCCCCCCCCCC. The Morgan fingerprint density at radius 2 is 0.821 bits per heavy atom. The Kier molecular flexibility index (Phi) is 25.4. The predicted molar refractivity (Wildman–Crippen MR) is 175 cm³/mol. The minimum atomic E-state index is 0.621. The van der Waals surface area contributed by atoms with Crippen molar-refractivity contribution < 1.29 is 4.57 Å². The van der Waals surface area contributed by atoms with Crippen LogP contribution in [-0.2, 0) is 0 Å². The normalized spacial score (nSPS) is 13.2. The number of imidazole rings is 1. The maximum Gasteiger partial charge on any atom is 0.257 e. The van der Waals surface area contributed by atoms with Crippen molar-refractivity contribution in [2.45, 2.75) is 219 Å². The molecule has 1 rings (SSSR count). The molecule has 2 atom stereocenters. The van der Waals surface area contributed by atoms with Crippen molar-refractivity contribution in [2.24, 2.45) is 0 Å². The topological polar surface area (TPSA) is 19.7 Å². The minimum absolute atomic E-state index is 0.621. The van der Waals surface area contributed by atoms with E-state index in [1.165, 1.54) is 186 Å². The molecule has 0 bridgehead atoms. The predicted octanol–water partition coefficient (Wildman–Crippen LogP) is 12.9. The zero-order valence-corrected chi connectivity index (χ0v) is 27.6. The number of nitrogens with one attached hydrogen (secondary N) is 1. The molecular formula is C37H73N2+. The second kappa shape index (κ2) is 27.4. The third kappa shape index (κ3) is 19.8. The second-order valence-electron chi connectivity index (χ2n) is 12.9. The van der Waals surface area contributed by atoms with Gasteiger partial charge in [0.1, 0.15) is 12.4 Å². The molecule has 2 unspecified atom stereocenters. The number of hydrogen-bond acceptors (Lipinski definition) is 0. The fraction of sp³-hybridized carbons (Fsp3) is 0.919. The summed E-state index contributed by atoms with van der Waals surface area (Å²) in [4.78, 5) is 3.73. The molecule has 0 aromatic carbocycles. The van der Waals surface area contributed by atoms with Crippen LogP contribution < -0.4 is 4.57 Å². The quantitative estimate of drug-likeness (QED) is 0.0732. The van der Waals surface area contributed by atoms with Gasteiger partial charge in [-0.15, -0.1) is 0 Å². The molecule has 1 aromatic heterocycles. The lowest BCUT2D eigenvalue weighted by molar-refractivity contribution is -0.727. The molecule has 1 aromatic rings. The molecule has 0 fully saturated rings. The highest BCUT2D eigenvalue weighted by molar-refractivity contribution is 4.90. The zero-order chi connectivity index (χ0) is 28.2. The molecule has 2 nitrogen and oxygen atoms in total. The van der Waals surface area contributed by atoms with E-state index < -0.39 is 0 Å². The smallest absolute Gasteiger partial charge is 0.247 e. The van der Waals surface area contributed by atoms with Crippen molar-refractivity contribution in [1.29, 1.82) is 0 Å². The average Bonchev–Trinajstić information content (AvgIpc) is 3.44. The highest BCUT2D eigenvalue weighted by Crippen LogP contribution is 2.27. The molecule has 0 aliphatic heterocycles. The molecule has 0 amide bonds. The van der Waals surface area contributed by atoms with Gasteiger partial charge in [-0.3, -0.25) is 0 Å². The number of aromatic amines is 1. The van der Waals surface area contributed by atoms with Gasteiger partial charge in [-0.2, -0.15) is 0 Å². The number of hydrogen-bond donors (Lipinski definition) is 1. The van der Waals surface area contributed by atoms with Crippen LogP contribution in [0.3, 0.4) is 0 Å². The van der Waals surface area contributed by atoms with Crippen LogP contribution in [0.4, 0.5) is 0 Å². The summed E-state index contributed by atoms with van der Waals surface area (Å²) in [5.41, 5.74) is 0. The molecule has 1 N–H and O–H groups in total. The Balaban J connectivity index is 2.45. The monoisotopic (exact) mass is 546 g/mol. The van der Waals surface area contributed by atoms with E-state index in [-0.39, 0.29) is 0 Å². The molecule has 39 heavy (non-hydrogen) atoms. The van der Waals surface area contributed by atoms with E-state index in [4.69, 9.17) is 0 Å². The summed E-state index contributed by atoms with van der Waals surface area (Å²) in [6.07, 6.45) is 44.2. The molecule has 2 heteroatoms. The summed E-state index contributed by atoms with van der Waals surface area (Å²) in [6, 6.07) is 0.621. The van der Waals surface area contributed by atoms with Crippen LogP contribution in [-0.4, -0.2) is 4.98 Å². The van der Waals surface area contributed by atoms with Crippen LogP contribution in [0.1, 0.15) is 225 Å². The molecule has 0 radical (unpaired) electrons. The van der Waals surface area contributed by atoms with Gasteiger partial charge in [0, 0.05) is 0 Å². The molecule has 0 saturated heterocycles. The molecule has 0 spiro atoms. The van der Waals surface area contributed by atoms with Gasteiger partial charge in [0.15, 0.2) is 0 Å². The molecule has 0 aliphatic carbocycles. The Morgan fingerprint density at radius 1 is 0.487 bits per heavy atom. The van der Waals surface area contributed by atoms with Gasteiger partial charge in [-0.05, 0) is 32.6 Å². The fourth-order valence-corrected chi connectivity index (χ4v) is 6.43. The fourth-order valence-electron chi connectivity index (χ4n) is 6.43. The van der Waals surface area contributed by atoms with Gasteiger partial charge in [0.25, 0.3) is 5.82 Å². The van der Waals surface area contributed by atoms with Crippen molar-refractivity contribution >= 4 is 0 Å². The largest absolute Gasteiger partial charge is 0.257 e. The Morgan fingerprint density at radius 3 is 1.21 bits per heavy atom. The zero-order valence-electron chi connectivity index (χ0n) is 27.6. The van der Waals surface area contributed by atoms with E-state index >= 15 is 0 Å². The summed E-state index contributed by atoms with van der Waals surface area (Å²) in [5.74, 6) is 2.25. The van der Waals surface area contributed by atoms with Crippen LogP contribution in [0.2, 0.25) is 0 Å². The number of rotatable bonds is 30. The number of nitrogens with zero attached hydrogens (tertiary/aromatic N) is 1. The summed E-state index contributed by atoms with van der Waals surface area (Å²) in [7, 11) is 0. The van der Waals surface area contributed by atoms with E-state index in [1.807, 2.05) is 0 Å². The van der Waals surface area contributed by atoms with Gasteiger partial charge < -0.3 is 0 Å². The van der Waals surface area contributed by atoms with Crippen molar-refractivity contribution in [2.75, 3.05) is 0 Å². The van der Waals surface area contributed by atoms with Crippen LogP contribution in [0.5, 0.6) is 0 Å². The molecular weight excluding hydrogens is 472 g/mol. The maximum atomic E-state index is 3.73. The summed E-state index contributed by atoms with van der Waals surface area (Å²) < 4.78 is 2.63. The lowest BCUT2D eigenvalue weighted by Crippen LogP contribution is -2.41.